The molecule has 0 amide bonds. The van der Waals surface area contributed by atoms with Crippen molar-refractivity contribution in [1.29, 1.82) is 0 Å². The molecule has 0 bridgehead atoms. The van der Waals surface area contributed by atoms with E-state index in [1.807, 2.05) is 37.3 Å². The van der Waals surface area contributed by atoms with E-state index in [1.165, 1.54) is 7.11 Å². The van der Waals surface area contributed by atoms with Crippen LogP contribution in [0.25, 0.3) is 0 Å². The summed E-state index contributed by atoms with van der Waals surface area (Å²) in [6.07, 6.45) is 3.34. The van der Waals surface area contributed by atoms with Crippen molar-refractivity contribution in [2.45, 2.75) is 19.8 Å². The van der Waals surface area contributed by atoms with Crippen molar-refractivity contribution < 1.29 is 14.3 Å². The third-order valence-electron chi connectivity index (χ3n) is 2.66. The zero-order chi connectivity index (χ0) is 13.4. The molecule has 0 unspecified atom stereocenters. The van der Waals surface area contributed by atoms with E-state index < -0.39 is 0 Å². The second-order valence-corrected chi connectivity index (χ2v) is 4.20. The molecule has 0 saturated carbocycles. The van der Waals surface area contributed by atoms with Crippen LogP contribution in [0.4, 0.5) is 0 Å². The van der Waals surface area contributed by atoms with Crippen LogP contribution in [-0.4, -0.2) is 19.7 Å². The summed E-state index contributed by atoms with van der Waals surface area (Å²) >= 11 is 0. The lowest BCUT2D eigenvalue weighted by molar-refractivity contribution is -0.144. The van der Waals surface area contributed by atoms with Gasteiger partial charge in [-0.1, -0.05) is 25.1 Å². The number of methoxy groups -OCH3 is 1. The third kappa shape index (κ3) is 4.62. The summed E-state index contributed by atoms with van der Waals surface area (Å²) in [5, 5.41) is 0. The fraction of sp³-hybridized carbons (Fsp3) is 0.400. The lowest BCUT2D eigenvalue weighted by Crippen LogP contribution is -2.15. The highest BCUT2D eigenvalue weighted by Crippen LogP contribution is 2.15. The maximum absolute atomic E-state index is 11.3. The van der Waals surface area contributed by atoms with Crippen LogP contribution >= 0.6 is 0 Å². The minimum atomic E-state index is -0.179. The minimum absolute atomic E-state index is 0.123. The van der Waals surface area contributed by atoms with Crippen molar-refractivity contribution in [3.63, 3.8) is 0 Å². The van der Waals surface area contributed by atoms with Crippen LogP contribution in [0, 0.1) is 5.92 Å². The largest absolute Gasteiger partial charge is 0.493 e. The Balaban J connectivity index is 2.49. The van der Waals surface area contributed by atoms with Crippen LogP contribution in [0.3, 0.4) is 0 Å². The first-order valence-corrected chi connectivity index (χ1v) is 6.07. The number of rotatable bonds is 7. The normalized spacial score (nSPS) is 11.7. The SMILES string of the molecule is C=CCCOc1ccc(C[C@H](C)C(=O)OC)cc1. The van der Waals surface area contributed by atoms with Crippen LogP contribution in [-0.2, 0) is 16.0 Å². The van der Waals surface area contributed by atoms with E-state index in [-0.39, 0.29) is 11.9 Å². The average Bonchev–Trinajstić information content (AvgIpc) is 2.40. The van der Waals surface area contributed by atoms with Gasteiger partial charge in [0.1, 0.15) is 5.75 Å². The number of esters is 1. The van der Waals surface area contributed by atoms with E-state index >= 15 is 0 Å². The van der Waals surface area contributed by atoms with Gasteiger partial charge < -0.3 is 9.47 Å². The van der Waals surface area contributed by atoms with Crippen LogP contribution in [0.1, 0.15) is 18.9 Å². The standard InChI is InChI=1S/C15H20O3/c1-4-5-10-18-14-8-6-13(7-9-14)11-12(2)15(16)17-3/h4,6-9,12H,1,5,10-11H2,2-3H3/t12-/m0/s1. The van der Waals surface area contributed by atoms with Crippen molar-refractivity contribution in [3.05, 3.63) is 42.5 Å². The molecule has 0 saturated heterocycles. The Bertz CT molecular complexity index is 381. The van der Waals surface area contributed by atoms with E-state index in [1.54, 1.807) is 0 Å². The Hall–Kier alpha value is -1.77. The third-order valence-corrected chi connectivity index (χ3v) is 2.66. The molecule has 0 heterocycles. The highest BCUT2D eigenvalue weighted by Gasteiger charge is 2.13. The second-order valence-electron chi connectivity index (χ2n) is 4.20. The Morgan fingerprint density at radius 2 is 2.06 bits per heavy atom. The summed E-state index contributed by atoms with van der Waals surface area (Å²) in [5.74, 6) is 0.537. The molecule has 0 aromatic heterocycles. The van der Waals surface area contributed by atoms with E-state index in [4.69, 9.17) is 9.47 Å². The fourth-order valence-electron chi connectivity index (χ4n) is 1.62. The van der Waals surface area contributed by atoms with Gasteiger partial charge in [-0.15, -0.1) is 6.58 Å². The first-order chi connectivity index (χ1) is 8.67. The molecule has 1 atom stereocenters. The number of hydrogen-bond donors (Lipinski definition) is 0. The monoisotopic (exact) mass is 248 g/mol. The molecule has 98 valence electrons. The zero-order valence-corrected chi connectivity index (χ0v) is 11.0. The van der Waals surface area contributed by atoms with Gasteiger partial charge in [0, 0.05) is 0 Å². The first-order valence-electron chi connectivity index (χ1n) is 6.07. The van der Waals surface area contributed by atoms with Gasteiger partial charge in [-0.2, -0.15) is 0 Å². The van der Waals surface area contributed by atoms with Gasteiger partial charge in [-0.25, -0.2) is 0 Å². The van der Waals surface area contributed by atoms with Crippen molar-refractivity contribution in [2.24, 2.45) is 5.92 Å². The van der Waals surface area contributed by atoms with Crippen LogP contribution in [0.5, 0.6) is 5.75 Å². The predicted octanol–water partition coefficient (Wildman–Crippen LogP) is 2.99. The zero-order valence-electron chi connectivity index (χ0n) is 11.0. The molecule has 1 aromatic carbocycles. The van der Waals surface area contributed by atoms with Gasteiger partial charge in [0.05, 0.1) is 19.6 Å². The summed E-state index contributed by atoms with van der Waals surface area (Å²) in [6.45, 7) is 6.14. The van der Waals surface area contributed by atoms with E-state index in [2.05, 4.69) is 6.58 Å². The second kappa shape index (κ2) is 7.54. The van der Waals surface area contributed by atoms with Crippen molar-refractivity contribution in [2.75, 3.05) is 13.7 Å². The number of carbonyl (C=O) groups excluding carboxylic acids is 1. The molecule has 0 aliphatic rings. The van der Waals surface area contributed by atoms with Crippen molar-refractivity contribution >= 4 is 5.97 Å². The molecule has 3 heteroatoms. The van der Waals surface area contributed by atoms with Gasteiger partial charge in [0.2, 0.25) is 0 Å². The molecule has 0 N–H and O–H groups in total. The van der Waals surface area contributed by atoms with Gasteiger partial charge in [0.25, 0.3) is 0 Å². The lowest BCUT2D eigenvalue weighted by atomic mass is 10.0. The molecule has 0 spiro atoms. The molecular weight excluding hydrogens is 228 g/mol. The van der Waals surface area contributed by atoms with Crippen LogP contribution in [0.15, 0.2) is 36.9 Å². The van der Waals surface area contributed by atoms with Crippen molar-refractivity contribution in [1.82, 2.24) is 0 Å². The molecular formula is C15H20O3. The summed E-state index contributed by atoms with van der Waals surface area (Å²) in [7, 11) is 1.41. The van der Waals surface area contributed by atoms with E-state index in [9.17, 15) is 4.79 Å². The minimum Gasteiger partial charge on any atom is -0.493 e. The lowest BCUT2D eigenvalue weighted by Gasteiger charge is -2.10. The first kappa shape index (κ1) is 14.3. The summed E-state index contributed by atoms with van der Waals surface area (Å²) in [6, 6.07) is 7.79. The maximum Gasteiger partial charge on any atom is 0.308 e. The smallest absolute Gasteiger partial charge is 0.308 e. The van der Waals surface area contributed by atoms with Crippen molar-refractivity contribution in [3.8, 4) is 5.75 Å². The molecule has 0 radical (unpaired) electrons. The highest BCUT2D eigenvalue weighted by atomic mass is 16.5. The maximum atomic E-state index is 11.3. The molecule has 0 aliphatic carbocycles. The molecule has 1 aromatic rings. The van der Waals surface area contributed by atoms with Crippen LogP contribution in [0.2, 0.25) is 0 Å². The quantitative estimate of drug-likeness (QED) is 0.423. The highest BCUT2D eigenvalue weighted by molar-refractivity contribution is 5.72. The molecule has 3 nitrogen and oxygen atoms in total. The number of benzene rings is 1. The number of hydrogen-bond acceptors (Lipinski definition) is 3. The Kier molecular flexibility index (Phi) is 5.98. The number of carbonyl (C=O) groups is 1. The topological polar surface area (TPSA) is 35.5 Å². The average molecular weight is 248 g/mol. The molecule has 0 fully saturated rings. The van der Waals surface area contributed by atoms with E-state index in [0.717, 1.165) is 17.7 Å². The summed E-state index contributed by atoms with van der Waals surface area (Å²) in [4.78, 5) is 11.3. The number of ether oxygens (including phenoxy) is 2. The van der Waals surface area contributed by atoms with Gasteiger partial charge >= 0.3 is 5.97 Å². The van der Waals surface area contributed by atoms with Crippen LogP contribution < -0.4 is 4.74 Å². The Labute approximate surface area is 108 Å². The molecule has 0 aliphatic heterocycles. The Morgan fingerprint density at radius 1 is 1.39 bits per heavy atom. The molecule has 1 rings (SSSR count). The van der Waals surface area contributed by atoms with Gasteiger partial charge in [-0.05, 0) is 30.5 Å². The predicted molar refractivity (Wildman–Crippen MR) is 71.6 cm³/mol. The summed E-state index contributed by atoms with van der Waals surface area (Å²) < 4.78 is 10.2. The fourth-order valence-corrected chi connectivity index (χ4v) is 1.62. The molecule has 18 heavy (non-hydrogen) atoms. The Morgan fingerprint density at radius 3 is 2.61 bits per heavy atom. The van der Waals surface area contributed by atoms with Gasteiger partial charge in [0.15, 0.2) is 0 Å². The van der Waals surface area contributed by atoms with E-state index in [0.29, 0.717) is 13.0 Å². The van der Waals surface area contributed by atoms with Gasteiger partial charge in [-0.3, -0.25) is 4.79 Å². The summed E-state index contributed by atoms with van der Waals surface area (Å²) in [5.41, 5.74) is 1.10.